The van der Waals surface area contributed by atoms with Crippen molar-refractivity contribution in [2.45, 2.75) is 26.2 Å². The van der Waals surface area contributed by atoms with Crippen LogP contribution >= 0.6 is 0 Å². The topological polar surface area (TPSA) is 74.2 Å². The Bertz CT molecular complexity index is 288. The molecule has 0 aromatic heterocycles. The van der Waals surface area contributed by atoms with Crippen molar-refractivity contribution in [3.63, 3.8) is 0 Å². The maximum atomic E-state index is 11.2. The highest BCUT2D eigenvalue weighted by Gasteiger charge is 2.19. The number of hydrogen-bond acceptors (Lipinski definition) is 6. The second kappa shape index (κ2) is 8.55. The summed E-state index contributed by atoms with van der Waals surface area (Å²) >= 11 is 0. The molecule has 0 fully saturated rings. The summed E-state index contributed by atoms with van der Waals surface area (Å²) in [4.78, 5) is 26.9. The average Bonchev–Trinajstić information content (AvgIpc) is 2.33. The third-order valence-corrected chi connectivity index (χ3v) is 2.39. The summed E-state index contributed by atoms with van der Waals surface area (Å²) in [7, 11) is 4.08. The Kier molecular flexibility index (Phi) is 7.75. The van der Waals surface area contributed by atoms with Gasteiger partial charge in [-0.3, -0.25) is 9.59 Å². The number of ether oxygens (including phenoxy) is 2. The molecule has 0 heterocycles. The molecule has 0 rings (SSSR count). The number of hydrogen-bond donors (Lipinski definition) is 0. The van der Waals surface area contributed by atoms with Gasteiger partial charge in [-0.05, 0) is 13.3 Å². The number of oxime groups is 1. The van der Waals surface area contributed by atoms with E-state index < -0.39 is 0 Å². The van der Waals surface area contributed by atoms with Crippen LogP contribution in [0.4, 0.5) is 0 Å². The zero-order valence-corrected chi connectivity index (χ0v) is 10.7. The second-order valence-electron chi connectivity index (χ2n) is 3.51. The van der Waals surface area contributed by atoms with E-state index in [9.17, 15) is 9.59 Å². The smallest absolute Gasteiger partial charge is 0.306 e. The quantitative estimate of drug-likeness (QED) is 0.382. The van der Waals surface area contributed by atoms with E-state index in [4.69, 9.17) is 0 Å². The first-order valence-electron chi connectivity index (χ1n) is 5.26. The molecule has 0 amide bonds. The molecule has 6 heteroatoms. The molecule has 17 heavy (non-hydrogen) atoms. The second-order valence-corrected chi connectivity index (χ2v) is 3.51. The van der Waals surface area contributed by atoms with Crippen molar-refractivity contribution in [3.05, 3.63) is 0 Å². The first kappa shape index (κ1) is 15.4. The van der Waals surface area contributed by atoms with E-state index in [1.807, 2.05) is 0 Å². The van der Waals surface area contributed by atoms with Crippen LogP contribution in [0.3, 0.4) is 0 Å². The van der Waals surface area contributed by atoms with E-state index in [0.29, 0.717) is 12.1 Å². The minimum Gasteiger partial charge on any atom is -0.469 e. The van der Waals surface area contributed by atoms with Crippen molar-refractivity contribution >= 4 is 17.7 Å². The Morgan fingerprint density at radius 1 is 1.12 bits per heavy atom. The number of rotatable bonds is 7. The molecule has 98 valence electrons. The molecule has 6 nitrogen and oxygen atoms in total. The molecular formula is C11H19NO5. The van der Waals surface area contributed by atoms with Crippen molar-refractivity contribution in [3.8, 4) is 0 Å². The lowest BCUT2D eigenvalue weighted by molar-refractivity contribution is -0.143. The average molecular weight is 245 g/mol. The van der Waals surface area contributed by atoms with Crippen LogP contribution in [-0.4, -0.2) is 39.0 Å². The van der Waals surface area contributed by atoms with Crippen LogP contribution in [-0.2, 0) is 23.9 Å². The highest BCUT2D eigenvalue weighted by molar-refractivity contribution is 5.87. The zero-order chi connectivity index (χ0) is 13.3. The van der Waals surface area contributed by atoms with Gasteiger partial charge in [0.2, 0.25) is 0 Å². The molecule has 0 aliphatic rings. The lowest BCUT2D eigenvalue weighted by Crippen LogP contribution is -2.19. The normalized spacial score (nSPS) is 12.8. The minimum absolute atomic E-state index is 0.173. The molecule has 0 aromatic carbocycles. The molecule has 0 aromatic rings. The van der Waals surface area contributed by atoms with Gasteiger partial charge in [0.1, 0.15) is 7.11 Å². The summed E-state index contributed by atoms with van der Waals surface area (Å²) in [6.07, 6.45) is 0.876. The molecule has 1 unspecified atom stereocenters. The lowest BCUT2D eigenvalue weighted by Gasteiger charge is -2.14. The first-order valence-corrected chi connectivity index (χ1v) is 5.26. The number of nitrogens with zero attached hydrogens (tertiary/aromatic N) is 1. The molecule has 0 aliphatic carbocycles. The highest BCUT2D eigenvalue weighted by Crippen LogP contribution is 2.15. The summed E-state index contributed by atoms with van der Waals surface area (Å²) in [6.45, 7) is 1.74. The van der Waals surface area contributed by atoms with Gasteiger partial charge in [-0.25, -0.2) is 0 Å². The van der Waals surface area contributed by atoms with E-state index in [0.717, 1.165) is 0 Å². The molecule has 0 bridgehead atoms. The summed E-state index contributed by atoms with van der Waals surface area (Å²) < 4.78 is 9.14. The van der Waals surface area contributed by atoms with Crippen LogP contribution in [0.25, 0.3) is 0 Å². The SMILES string of the molecule is CON=C(C)C(CCC(=O)OC)CC(=O)OC. The van der Waals surface area contributed by atoms with Crippen LogP contribution in [0.1, 0.15) is 26.2 Å². The van der Waals surface area contributed by atoms with Crippen molar-refractivity contribution < 1.29 is 23.9 Å². The van der Waals surface area contributed by atoms with Crippen molar-refractivity contribution in [2.24, 2.45) is 11.1 Å². The summed E-state index contributed by atoms with van der Waals surface area (Å²) in [5.41, 5.74) is 0.654. The van der Waals surface area contributed by atoms with E-state index >= 15 is 0 Å². The molecule has 1 atom stereocenters. The van der Waals surface area contributed by atoms with Gasteiger partial charge in [0.05, 0.1) is 26.4 Å². The van der Waals surface area contributed by atoms with E-state index in [1.165, 1.54) is 21.3 Å². The molecule has 0 radical (unpaired) electrons. The van der Waals surface area contributed by atoms with Gasteiger partial charge in [0.25, 0.3) is 0 Å². The van der Waals surface area contributed by atoms with Crippen molar-refractivity contribution in [2.75, 3.05) is 21.3 Å². The maximum Gasteiger partial charge on any atom is 0.306 e. The summed E-state index contributed by atoms with van der Waals surface area (Å²) in [5, 5.41) is 3.77. The maximum absolute atomic E-state index is 11.2. The number of carbonyl (C=O) groups excluding carboxylic acids is 2. The predicted octanol–water partition coefficient (Wildman–Crippen LogP) is 1.14. The minimum atomic E-state index is -0.342. The Morgan fingerprint density at radius 3 is 2.18 bits per heavy atom. The largest absolute Gasteiger partial charge is 0.469 e. The van der Waals surface area contributed by atoms with Crippen molar-refractivity contribution in [1.29, 1.82) is 0 Å². The fourth-order valence-electron chi connectivity index (χ4n) is 1.36. The van der Waals surface area contributed by atoms with E-state index in [2.05, 4.69) is 19.5 Å². The van der Waals surface area contributed by atoms with Gasteiger partial charge in [-0.15, -0.1) is 0 Å². The molecule has 0 N–H and O–H groups in total. The Labute approximate surface area is 101 Å². The Hall–Kier alpha value is -1.59. The summed E-state index contributed by atoms with van der Waals surface area (Å²) in [5.74, 6) is -0.836. The van der Waals surface area contributed by atoms with Gasteiger partial charge < -0.3 is 14.3 Å². The van der Waals surface area contributed by atoms with Gasteiger partial charge in [0, 0.05) is 12.3 Å². The molecule has 0 saturated carbocycles. The molecule has 0 spiro atoms. The third-order valence-electron chi connectivity index (χ3n) is 2.39. The lowest BCUT2D eigenvalue weighted by atomic mass is 9.95. The predicted molar refractivity (Wildman–Crippen MR) is 61.5 cm³/mol. The Morgan fingerprint density at radius 2 is 1.71 bits per heavy atom. The fraction of sp³-hybridized carbons (Fsp3) is 0.727. The van der Waals surface area contributed by atoms with Crippen LogP contribution < -0.4 is 0 Å². The van der Waals surface area contributed by atoms with Crippen LogP contribution in [0.5, 0.6) is 0 Å². The third kappa shape index (κ3) is 6.55. The first-order chi connectivity index (χ1) is 8.04. The number of methoxy groups -OCH3 is 2. The molecule has 0 saturated heterocycles. The number of esters is 2. The van der Waals surface area contributed by atoms with Gasteiger partial charge in [-0.1, -0.05) is 5.16 Å². The number of carbonyl (C=O) groups is 2. The molecule has 0 aliphatic heterocycles. The van der Waals surface area contributed by atoms with Crippen LogP contribution in [0, 0.1) is 5.92 Å². The van der Waals surface area contributed by atoms with Gasteiger partial charge in [0.15, 0.2) is 0 Å². The van der Waals surface area contributed by atoms with E-state index in [-0.39, 0.29) is 30.7 Å². The fourth-order valence-corrected chi connectivity index (χ4v) is 1.36. The van der Waals surface area contributed by atoms with Crippen molar-refractivity contribution in [1.82, 2.24) is 0 Å². The van der Waals surface area contributed by atoms with Crippen LogP contribution in [0.15, 0.2) is 5.16 Å². The van der Waals surface area contributed by atoms with Gasteiger partial charge >= 0.3 is 11.9 Å². The zero-order valence-electron chi connectivity index (χ0n) is 10.7. The highest BCUT2D eigenvalue weighted by atomic mass is 16.6. The monoisotopic (exact) mass is 245 g/mol. The van der Waals surface area contributed by atoms with E-state index in [1.54, 1.807) is 6.92 Å². The molecular weight excluding hydrogens is 226 g/mol. The Balaban J connectivity index is 4.45. The van der Waals surface area contributed by atoms with Gasteiger partial charge in [-0.2, -0.15) is 0 Å². The van der Waals surface area contributed by atoms with Crippen LogP contribution in [0.2, 0.25) is 0 Å². The summed E-state index contributed by atoms with van der Waals surface area (Å²) in [6, 6.07) is 0. The standard InChI is InChI=1S/C11H19NO5/c1-8(12-17-4)9(7-11(14)16-3)5-6-10(13)15-2/h9H,5-7H2,1-4H3.